The molecule has 0 unspecified atom stereocenters. The highest BCUT2D eigenvalue weighted by Crippen LogP contribution is 2.27. The van der Waals surface area contributed by atoms with Crippen molar-refractivity contribution in [2.24, 2.45) is 5.92 Å². The lowest BCUT2D eigenvalue weighted by Crippen LogP contribution is -2.25. The quantitative estimate of drug-likeness (QED) is 0.749. The molecule has 0 aliphatic heterocycles. The van der Waals surface area contributed by atoms with Crippen molar-refractivity contribution in [3.05, 3.63) is 4.88 Å². The molecule has 0 saturated heterocycles. The minimum atomic E-state index is -0.0999. The van der Waals surface area contributed by atoms with E-state index in [0.717, 1.165) is 25.4 Å². The van der Waals surface area contributed by atoms with Crippen molar-refractivity contribution in [3.8, 4) is 0 Å². The second-order valence-corrected chi connectivity index (χ2v) is 5.96. The number of anilines is 2. The smallest absolute Gasteiger partial charge is 0.265 e. The number of rotatable bonds is 6. The van der Waals surface area contributed by atoms with Crippen molar-refractivity contribution in [2.45, 2.75) is 39.0 Å². The van der Waals surface area contributed by atoms with E-state index in [2.05, 4.69) is 15.6 Å². The maximum absolute atomic E-state index is 12.0. The second-order valence-electron chi connectivity index (χ2n) is 4.96. The summed E-state index contributed by atoms with van der Waals surface area (Å²) in [6, 6.07) is 0. The number of thiazole rings is 1. The predicted octanol–water partition coefficient (Wildman–Crippen LogP) is 2.47. The highest BCUT2D eigenvalue weighted by molar-refractivity contribution is 7.18. The van der Waals surface area contributed by atoms with Crippen LogP contribution in [0.5, 0.6) is 0 Å². The van der Waals surface area contributed by atoms with E-state index in [1.165, 1.54) is 37.0 Å². The van der Waals surface area contributed by atoms with E-state index >= 15 is 0 Å². The van der Waals surface area contributed by atoms with Gasteiger partial charge in [-0.2, -0.15) is 0 Å². The third-order valence-corrected chi connectivity index (χ3v) is 4.53. The van der Waals surface area contributed by atoms with Gasteiger partial charge in [0.05, 0.1) is 0 Å². The maximum atomic E-state index is 12.0. The Hall–Kier alpha value is -1.30. The van der Waals surface area contributed by atoms with Crippen molar-refractivity contribution in [1.29, 1.82) is 0 Å². The Morgan fingerprint density at radius 3 is 2.89 bits per heavy atom. The molecule has 106 valence electrons. The first-order valence-electron chi connectivity index (χ1n) is 6.99. The van der Waals surface area contributed by atoms with Gasteiger partial charge in [-0.1, -0.05) is 37.0 Å². The van der Waals surface area contributed by atoms with Crippen LogP contribution in [-0.4, -0.2) is 24.0 Å². The first kappa shape index (κ1) is 14.1. The van der Waals surface area contributed by atoms with Crippen LogP contribution < -0.4 is 16.4 Å². The number of hydrogen-bond acceptors (Lipinski definition) is 5. The maximum Gasteiger partial charge on any atom is 0.265 e. The summed E-state index contributed by atoms with van der Waals surface area (Å²) in [5, 5.41) is 6.73. The molecule has 4 N–H and O–H groups in total. The van der Waals surface area contributed by atoms with Gasteiger partial charge in [0.15, 0.2) is 5.13 Å². The zero-order valence-corrected chi connectivity index (χ0v) is 12.2. The van der Waals surface area contributed by atoms with Crippen molar-refractivity contribution >= 4 is 28.2 Å². The summed E-state index contributed by atoms with van der Waals surface area (Å²) < 4.78 is 0. The van der Waals surface area contributed by atoms with Crippen LogP contribution in [-0.2, 0) is 0 Å². The molecule has 1 aliphatic carbocycles. The predicted molar refractivity (Wildman–Crippen MR) is 79.6 cm³/mol. The number of amides is 1. The average Bonchev–Trinajstić information content (AvgIpc) is 2.99. The van der Waals surface area contributed by atoms with Gasteiger partial charge in [0.2, 0.25) is 0 Å². The van der Waals surface area contributed by atoms with Crippen LogP contribution >= 0.6 is 11.3 Å². The standard InChI is InChI=1S/C13H22N4OS/c1-2-15-13-17-11(14)10(19-13)12(18)16-8-7-9-5-3-4-6-9/h9H,2-8,14H2,1H3,(H,15,17)(H,16,18). The molecule has 1 aliphatic rings. The van der Waals surface area contributed by atoms with E-state index in [1.54, 1.807) is 0 Å². The summed E-state index contributed by atoms with van der Waals surface area (Å²) in [7, 11) is 0. The Labute approximate surface area is 118 Å². The fourth-order valence-electron chi connectivity index (χ4n) is 2.49. The molecular weight excluding hydrogens is 260 g/mol. The normalized spacial score (nSPS) is 15.6. The molecule has 6 heteroatoms. The monoisotopic (exact) mass is 282 g/mol. The summed E-state index contributed by atoms with van der Waals surface area (Å²) in [4.78, 5) is 16.7. The van der Waals surface area contributed by atoms with E-state index < -0.39 is 0 Å². The minimum absolute atomic E-state index is 0.0999. The summed E-state index contributed by atoms with van der Waals surface area (Å²) in [6.07, 6.45) is 6.37. The minimum Gasteiger partial charge on any atom is -0.382 e. The first-order chi connectivity index (χ1) is 9.20. The second kappa shape index (κ2) is 6.75. The van der Waals surface area contributed by atoms with Crippen LogP contribution in [0.4, 0.5) is 10.9 Å². The van der Waals surface area contributed by atoms with Gasteiger partial charge in [-0.3, -0.25) is 4.79 Å². The summed E-state index contributed by atoms with van der Waals surface area (Å²) >= 11 is 1.32. The summed E-state index contributed by atoms with van der Waals surface area (Å²) in [6.45, 7) is 3.49. The lowest BCUT2D eigenvalue weighted by molar-refractivity contribution is 0.0956. The number of hydrogen-bond donors (Lipinski definition) is 3. The van der Waals surface area contributed by atoms with E-state index in [9.17, 15) is 4.79 Å². The molecule has 1 aromatic heterocycles. The molecule has 5 nitrogen and oxygen atoms in total. The first-order valence-corrected chi connectivity index (χ1v) is 7.80. The van der Waals surface area contributed by atoms with Crippen molar-refractivity contribution < 1.29 is 4.79 Å². The third-order valence-electron chi connectivity index (χ3n) is 3.50. The highest BCUT2D eigenvalue weighted by atomic mass is 32.1. The van der Waals surface area contributed by atoms with Crippen LogP contribution in [0.2, 0.25) is 0 Å². The summed E-state index contributed by atoms with van der Waals surface area (Å²) in [5.41, 5.74) is 5.76. The van der Waals surface area contributed by atoms with Crippen molar-refractivity contribution in [1.82, 2.24) is 10.3 Å². The molecular formula is C13H22N4OS. The van der Waals surface area contributed by atoms with Gasteiger partial charge < -0.3 is 16.4 Å². The Kier molecular flexibility index (Phi) is 5.01. The Balaban J connectivity index is 1.81. The van der Waals surface area contributed by atoms with Crippen molar-refractivity contribution in [3.63, 3.8) is 0 Å². The zero-order chi connectivity index (χ0) is 13.7. The molecule has 0 atom stereocenters. The molecule has 0 aromatic carbocycles. The highest BCUT2D eigenvalue weighted by Gasteiger charge is 2.17. The van der Waals surface area contributed by atoms with E-state index in [0.29, 0.717) is 15.8 Å². The number of nitrogens with two attached hydrogens (primary N) is 1. The van der Waals surface area contributed by atoms with Crippen LogP contribution in [0, 0.1) is 5.92 Å². The largest absolute Gasteiger partial charge is 0.382 e. The molecule has 2 rings (SSSR count). The molecule has 1 saturated carbocycles. The molecule has 1 heterocycles. The molecule has 0 spiro atoms. The Bertz CT molecular complexity index is 426. The summed E-state index contributed by atoms with van der Waals surface area (Å²) in [5.74, 6) is 1.01. The molecule has 0 bridgehead atoms. The number of carbonyl (C=O) groups is 1. The molecule has 19 heavy (non-hydrogen) atoms. The lowest BCUT2D eigenvalue weighted by atomic mass is 10.0. The number of nitrogens with one attached hydrogen (secondary N) is 2. The Morgan fingerprint density at radius 2 is 2.21 bits per heavy atom. The van der Waals surface area contributed by atoms with Gasteiger partial charge in [0.1, 0.15) is 10.7 Å². The fourth-order valence-corrected chi connectivity index (χ4v) is 3.36. The van der Waals surface area contributed by atoms with E-state index in [1.807, 2.05) is 6.92 Å². The Morgan fingerprint density at radius 1 is 1.47 bits per heavy atom. The van der Waals surface area contributed by atoms with Gasteiger partial charge in [0, 0.05) is 13.1 Å². The zero-order valence-electron chi connectivity index (χ0n) is 11.4. The van der Waals surface area contributed by atoms with Gasteiger partial charge in [-0.05, 0) is 19.3 Å². The van der Waals surface area contributed by atoms with Gasteiger partial charge in [0.25, 0.3) is 5.91 Å². The van der Waals surface area contributed by atoms with Gasteiger partial charge in [-0.15, -0.1) is 0 Å². The third kappa shape index (κ3) is 3.83. The van der Waals surface area contributed by atoms with Crippen LogP contribution in [0.1, 0.15) is 48.7 Å². The number of nitrogens with zero attached hydrogens (tertiary/aromatic N) is 1. The molecule has 0 radical (unpaired) electrons. The SMILES string of the molecule is CCNc1nc(N)c(C(=O)NCCC2CCCC2)s1. The van der Waals surface area contributed by atoms with Crippen LogP contribution in [0.25, 0.3) is 0 Å². The number of nitrogen functional groups attached to an aromatic ring is 1. The average molecular weight is 282 g/mol. The molecule has 1 fully saturated rings. The molecule has 1 amide bonds. The van der Waals surface area contributed by atoms with Crippen LogP contribution in [0.15, 0.2) is 0 Å². The fraction of sp³-hybridized carbons (Fsp3) is 0.692. The van der Waals surface area contributed by atoms with Crippen molar-refractivity contribution in [2.75, 3.05) is 24.1 Å². The topological polar surface area (TPSA) is 80.0 Å². The van der Waals surface area contributed by atoms with Crippen LogP contribution in [0.3, 0.4) is 0 Å². The lowest BCUT2D eigenvalue weighted by Gasteiger charge is -2.09. The number of aromatic nitrogens is 1. The number of carbonyl (C=O) groups excluding carboxylic acids is 1. The van der Waals surface area contributed by atoms with Gasteiger partial charge in [-0.25, -0.2) is 4.98 Å². The molecule has 1 aromatic rings. The van der Waals surface area contributed by atoms with E-state index in [-0.39, 0.29) is 5.91 Å². The van der Waals surface area contributed by atoms with Gasteiger partial charge >= 0.3 is 0 Å². The van der Waals surface area contributed by atoms with E-state index in [4.69, 9.17) is 5.73 Å².